The second kappa shape index (κ2) is 6.72. The summed E-state index contributed by atoms with van der Waals surface area (Å²) in [5.41, 5.74) is 0.837. The molecule has 1 aliphatic rings. The topological polar surface area (TPSA) is 67.4 Å². The van der Waals surface area contributed by atoms with Crippen LogP contribution in [0.3, 0.4) is 0 Å². The Labute approximate surface area is 122 Å². The first-order chi connectivity index (χ1) is 9.61. The SMILES string of the molecule is CCNC(=O)c1ccc(Cl)cc1NC(=O)C1CCOC1. The third kappa shape index (κ3) is 3.49. The molecular formula is C14H17ClN2O3. The summed E-state index contributed by atoms with van der Waals surface area (Å²) in [7, 11) is 0. The van der Waals surface area contributed by atoms with E-state index in [9.17, 15) is 9.59 Å². The number of nitrogens with one attached hydrogen (secondary N) is 2. The maximum absolute atomic E-state index is 12.1. The van der Waals surface area contributed by atoms with Crippen LogP contribution in [-0.4, -0.2) is 31.6 Å². The van der Waals surface area contributed by atoms with Gasteiger partial charge in [-0.15, -0.1) is 0 Å². The Morgan fingerprint density at radius 3 is 2.90 bits per heavy atom. The van der Waals surface area contributed by atoms with Crippen molar-refractivity contribution in [2.24, 2.45) is 5.92 Å². The van der Waals surface area contributed by atoms with Gasteiger partial charge in [-0.3, -0.25) is 9.59 Å². The molecule has 2 N–H and O–H groups in total. The van der Waals surface area contributed by atoms with Crippen LogP contribution in [0.15, 0.2) is 18.2 Å². The molecule has 1 atom stereocenters. The minimum Gasteiger partial charge on any atom is -0.381 e. The number of carbonyl (C=O) groups is 2. The van der Waals surface area contributed by atoms with E-state index < -0.39 is 0 Å². The van der Waals surface area contributed by atoms with Crippen molar-refractivity contribution in [2.45, 2.75) is 13.3 Å². The van der Waals surface area contributed by atoms with Crippen molar-refractivity contribution in [1.29, 1.82) is 0 Å². The molecule has 1 fully saturated rings. The molecule has 1 aliphatic heterocycles. The zero-order valence-electron chi connectivity index (χ0n) is 11.2. The van der Waals surface area contributed by atoms with Gasteiger partial charge in [-0.05, 0) is 31.5 Å². The fraction of sp³-hybridized carbons (Fsp3) is 0.429. The van der Waals surface area contributed by atoms with E-state index in [1.807, 2.05) is 6.92 Å². The second-order valence-corrected chi connectivity index (χ2v) is 5.04. The normalized spacial score (nSPS) is 17.8. The van der Waals surface area contributed by atoms with Crippen LogP contribution >= 0.6 is 11.6 Å². The first-order valence-corrected chi connectivity index (χ1v) is 6.96. The molecule has 0 aliphatic carbocycles. The molecule has 20 heavy (non-hydrogen) atoms. The lowest BCUT2D eigenvalue weighted by atomic mass is 10.1. The largest absolute Gasteiger partial charge is 0.381 e. The molecule has 2 amide bonds. The lowest BCUT2D eigenvalue weighted by molar-refractivity contribution is -0.119. The summed E-state index contributed by atoms with van der Waals surface area (Å²) in [5, 5.41) is 5.94. The van der Waals surface area contributed by atoms with Crippen LogP contribution < -0.4 is 10.6 Å². The molecule has 5 nitrogen and oxygen atoms in total. The summed E-state index contributed by atoms with van der Waals surface area (Å²) in [6.45, 7) is 3.37. The van der Waals surface area contributed by atoms with Gasteiger partial charge >= 0.3 is 0 Å². The summed E-state index contributed by atoms with van der Waals surface area (Å²) < 4.78 is 5.19. The van der Waals surface area contributed by atoms with E-state index in [0.717, 1.165) is 0 Å². The Morgan fingerprint density at radius 2 is 2.25 bits per heavy atom. The fourth-order valence-electron chi connectivity index (χ4n) is 2.05. The van der Waals surface area contributed by atoms with Crippen molar-refractivity contribution in [2.75, 3.05) is 25.1 Å². The maximum atomic E-state index is 12.1. The maximum Gasteiger partial charge on any atom is 0.253 e. The highest BCUT2D eigenvalue weighted by Gasteiger charge is 2.24. The smallest absolute Gasteiger partial charge is 0.253 e. The molecule has 1 heterocycles. The van der Waals surface area contributed by atoms with Gasteiger partial charge in [0, 0.05) is 18.2 Å². The van der Waals surface area contributed by atoms with E-state index in [0.29, 0.717) is 42.5 Å². The Bertz CT molecular complexity index is 513. The summed E-state index contributed by atoms with van der Waals surface area (Å²) in [5.74, 6) is -0.548. The average Bonchev–Trinajstić information content (AvgIpc) is 2.93. The standard InChI is InChI=1S/C14H17ClN2O3/c1-2-16-14(19)11-4-3-10(15)7-12(11)17-13(18)9-5-6-20-8-9/h3-4,7,9H,2,5-6,8H2,1H3,(H,16,19)(H,17,18). The number of rotatable bonds is 4. The van der Waals surface area contributed by atoms with Crippen molar-refractivity contribution in [3.05, 3.63) is 28.8 Å². The van der Waals surface area contributed by atoms with Gasteiger partial charge in [0.25, 0.3) is 5.91 Å². The lowest BCUT2D eigenvalue weighted by Crippen LogP contribution is -2.27. The van der Waals surface area contributed by atoms with Gasteiger partial charge in [0.05, 0.1) is 23.8 Å². The van der Waals surface area contributed by atoms with Crippen LogP contribution in [0.2, 0.25) is 5.02 Å². The molecule has 2 rings (SSSR count). The van der Waals surface area contributed by atoms with Gasteiger partial charge in [-0.25, -0.2) is 0 Å². The van der Waals surface area contributed by atoms with E-state index in [1.165, 1.54) is 0 Å². The quantitative estimate of drug-likeness (QED) is 0.894. The third-order valence-electron chi connectivity index (χ3n) is 3.12. The highest BCUT2D eigenvalue weighted by molar-refractivity contribution is 6.31. The Hall–Kier alpha value is -1.59. The van der Waals surface area contributed by atoms with Gasteiger partial charge in [-0.2, -0.15) is 0 Å². The van der Waals surface area contributed by atoms with Crippen LogP contribution in [0, 0.1) is 5.92 Å². The minimum atomic E-state index is -0.234. The molecule has 1 saturated heterocycles. The molecule has 0 spiro atoms. The van der Waals surface area contributed by atoms with Crippen molar-refractivity contribution < 1.29 is 14.3 Å². The van der Waals surface area contributed by atoms with Crippen LogP contribution in [-0.2, 0) is 9.53 Å². The first kappa shape index (κ1) is 14.8. The molecular weight excluding hydrogens is 280 g/mol. The average molecular weight is 297 g/mol. The number of amides is 2. The number of ether oxygens (including phenoxy) is 1. The van der Waals surface area contributed by atoms with E-state index in [-0.39, 0.29) is 17.7 Å². The zero-order valence-corrected chi connectivity index (χ0v) is 12.0. The van der Waals surface area contributed by atoms with Gasteiger partial charge in [0.1, 0.15) is 0 Å². The van der Waals surface area contributed by atoms with Crippen LogP contribution in [0.25, 0.3) is 0 Å². The van der Waals surface area contributed by atoms with Gasteiger partial charge in [0.15, 0.2) is 0 Å². The molecule has 1 aromatic rings. The highest BCUT2D eigenvalue weighted by Crippen LogP contribution is 2.23. The molecule has 0 radical (unpaired) electrons. The summed E-state index contributed by atoms with van der Waals surface area (Å²) in [6.07, 6.45) is 0.697. The van der Waals surface area contributed by atoms with E-state index in [2.05, 4.69) is 10.6 Å². The summed E-state index contributed by atoms with van der Waals surface area (Å²) in [6, 6.07) is 4.81. The fourth-order valence-corrected chi connectivity index (χ4v) is 2.22. The van der Waals surface area contributed by atoms with Crippen LogP contribution in [0.5, 0.6) is 0 Å². The lowest BCUT2D eigenvalue weighted by Gasteiger charge is -2.13. The van der Waals surface area contributed by atoms with E-state index in [4.69, 9.17) is 16.3 Å². The zero-order chi connectivity index (χ0) is 14.5. The predicted octanol–water partition coefficient (Wildman–Crippen LogP) is 2.06. The molecule has 1 unspecified atom stereocenters. The number of halogens is 1. The van der Waals surface area contributed by atoms with Gasteiger partial charge in [-0.1, -0.05) is 11.6 Å². The van der Waals surface area contributed by atoms with Gasteiger partial charge in [0.2, 0.25) is 5.91 Å². The molecule has 0 saturated carbocycles. The molecule has 108 valence electrons. The Kier molecular flexibility index (Phi) is 4.98. The molecule has 1 aromatic carbocycles. The Morgan fingerprint density at radius 1 is 1.45 bits per heavy atom. The van der Waals surface area contributed by atoms with Crippen molar-refractivity contribution in [1.82, 2.24) is 5.32 Å². The number of benzene rings is 1. The summed E-state index contributed by atoms with van der Waals surface area (Å²) in [4.78, 5) is 24.0. The second-order valence-electron chi connectivity index (χ2n) is 4.60. The van der Waals surface area contributed by atoms with Crippen molar-refractivity contribution in [3.8, 4) is 0 Å². The molecule has 0 aromatic heterocycles. The van der Waals surface area contributed by atoms with Crippen molar-refractivity contribution in [3.63, 3.8) is 0 Å². The number of hydrogen-bond donors (Lipinski definition) is 2. The Balaban J connectivity index is 2.18. The van der Waals surface area contributed by atoms with E-state index >= 15 is 0 Å². The first-order valence-electron chi connectivity index (χ1n) is 6.58. The monoisotopic (exact) mass is 296 g/mol. The number of carbonyl (C=O) groups excluding carboxylic acids is 2. The van der Waals surface area contributed by atoms with E-state index in [1.54, 1.807) is 18.2 Å². The predicted molar refractivity (Wildman–Crippen MR) is 77.0 cm³/mol. The number of anilines is 1. The van der Waals surface area contributed by atoms with Gasteiger partial charge < -0.3 is 15.4 Å². The number of hydrogen-bond acceptors (Lipinski definition) is 3. The van der Waals surface area contributed by atoms with Crippen LogP contribution in [0.1, 0.15) is 23.7 Å². The molecule has 6 heteroatoms. The van der Waals surface area contributed by atoms with Crippen molar-refractivity contribution >= 4 is 29.1 Å². The third-order valence-corrected chi connectivity index (χ3v) is 3.36. The van der Waals surface area contributed by atoms with Crippen LogP contribution in [0.4, 0.5) is 5.69 Å². The highest BCUT2D eigenvalue weighted by atomic mass is 35.5. The molecule has 0 bridgehead atoms. The minimum absolute atomic E-state index is 0.143. The summed E-state index contributed by atoms with van der Waals surface area (Å²) >= 11 is 5.93.